The van der Waals surface area contributed by atoms with Crippen LogP contribution in [-0.2, 0) is 6.42 Å². The highest BCUT2D eigenvalue weighted by Crippen LogP contribution is 2.42. The first kappa shape index (κ1) is 14.8. The van der Waals surface area contributed by atoms with Crippen molar-refractivity contribution in [1.82, 2.24) is 9.97 Å². The summed E-state index contributed by atoms with van der Waals surface area (Å²) < 4.78 is 0. The first-order valence-electron chi connectivity index (χ1n) is 8.61. The standard InChI is InChI=1S/C23H16N2O/c26-18-8-3-6-15(11-18)20-13-22(17-7-4-10-24-14-17)25-23-19-9-2-1-5-16(19)12-21(20)23/h1-11,13-14,26H,12H2. The van der Waals surface area contributed by atoms with Crippen molar-refractivity contribution in [2.24, 2.45) is 0 Å². The second kappa shape index (κ2) is 5.81. The fourth-order valence-electron chi connectivity index (χ4n) is 3.66. The van der Waals surface area contributed by atoms with Crippen molar-refractivity contribution in [2.45, 2.75) is 6.42 Å². The molecular weight excluding hydrogens is 320 g/mol. The van der Waals surface area contributed by atoms with E-state index in [1.807, 2.05) is 36.5 Å². The average molecular weight is 336 g/mol. The van der Waals surface area contributed by atoms with Gasteiger partial charge in [-0.3, -0.25) is 4.98 Å². The van der Waals surface area contributed by atoms with Crippen LogP contribution in [0.2, 0.25) is 0 Å². The molecule has 0 saturated carbocycles. The monoisotopic (exact) mass is 336 g/mol. The Hall–Kier alpha value is -3.46. The third kappa shape index (κ3) is 2.37. The Balaban J connectivity index is 1.80. The van der Waals surface area contributed by atoms with Crippen LogP contribution in [0, 0.1) is 0 Å². The largest absolute Gasteiger partial charge is 0.508 e. The summed E-state index contributed by atoms with van der Waals surface area (Å²) in [6.07, 6.45) is 4.46. The lowest BCUT2D eigenvalue weighted by molar-refractivity contribution is 0.475. The molecule has 1 aliphatic carbocycles. The molecule has 0 unspecified atom stereocenters. The van der Waals surface area contributed by atoms with Crippen LogP contribution in [0.15, 0.2) is 79.1 Å². The lowest BCUT2D eigenvalue weighted by Crippen LogP contribution is -1.94. The molecule has 0 aliphatic heterocycles. The van der Waals surface area contributed by atoms with Crippen LogP contribution in [0.4, 0.5) is 0 Å². The van der Waals surface area contributed by atoms with E-state index in [-0.39, 0.29) is 5.75 Å². The molecule has 2 aromatic carbocycles. The van der Waals surface area contributed by atoms with Gasteiger partial charge in [0.1, 0.15) is 5.75 Å². The summed E-state index contributed by atoms with van der Waals surface area (Å²) in [5.74, 6) is 0.270. The zero-order valence-electron chi connectivity index (χ0n) is 14.1. The molecule has 0 fully saturated rings. The smallest absolute Gasteiger partial charge is 0.116 e. The molecule has 0 radical (unpaired) electrons. The van der Waals surface area contributed by atoms with Gasteiger partial charge in [-0.05, 0) is 52.6 Å². The summed E-state index contributed by atoms with van der Waals surface area (Å²) in [6, 6.07) is 21.9. The molecule has 1 N–H and O–H groups in total. The van der Waals surface area contributed by atoms with Gasteiger partial charge in [-0.2, -0.15) is 0 Å². The highest BCUT2D eigenvalue weighted by molar-refractivity contribution is 5.85. The molecule has 0 amide bonds. The molecule has 26 heavy (non-hydrogen) atoms. The van der Waals surface area contributed by atoms with Crippen molar-refractivity contribution < 1.29 is 5.11 Å². The van der Waals surface area contributed by atoms with E-state index in [2.05, 4.69) is 35.3 Å². The van der Waals surface area contributed by atoms with Gasteiger partial charge in [0.15, 0.2) is 0 Å². The quantitative estimate of drug-likeness (QED) is 0.488. The molecule has 3 nitrogen and oxygen atoms in total. The normalized spacial score (nSPS) is 11.8. The van der Waals surface area contributed by atoms with Crippen LogP contribution in [0.5, 0.6) is 5.75 Å². The van der Waals surface area contributed by atoms with E-state index in [0.29, 0.717) is 0 Å². The van der Waals surface area contributed by atoms with Crippen LogP contribution in [0.3, 0.4) is 0 Å². The highest BCUT2D eigenvalue weighted by atomic mass is 16.3. The van der Waals surface area contributed by atoms with Gasteiger partial charge >= 0.3 is 0 Å². The lowest BCUT2D eigenvalue weighted by atomic mass is 9.96. The Labute approximate surface area is 151 Å². The molecule has 2 aromatic heterocycles. The lowest BCUT2D eigenvalue weighted by Gasteiger charge is -2.12. The Bertz CT molecular complexity index is 1120. The second-order valence-electron chi connectivity index (χ2n) is 6.51. The Kier molecular flexibility index (Phi) is 3.32. The van der Waals surface area contributed by atoms with E-state index < -0.39 is 0 Å². The summed E-state index contributed by atoms with van der Waals surface area (Å²) in [7, 11) is 0. The number of pyridine rings is 2. The summed E-state index contributed by atoms with van der Waals surface area (Å²) in [5.41, 5.74) is 8.72. The first-order chi connectivity index (χ1) is 12.8. The minimum absolute atomic E-state index is 0.270. The number of benzene rings is 2. The van der Waals surface area contributed by atoms with Crippen molar-refractivity contribution in [1.29, 1.82) is 0 Å². The highest BCUT2D eigenvalue weighted by Gasteiger charge is 2.24. The number of phenolic OH excluding ortho intramolecular Hbond substituents is 1. The van der Waals surface area contributed by atoms with Crippen LogP contribution in [0.25, 0.3) is 33.6 Å². The molecule has 0 atom stereocenters. The third-order valence-electron chi connectivity index (χ3n) is 4.88. The maximum Gasteiger partial charge on any atom is 0.116 e. The maximum absolute atomic E-state index is 9.96. The van der Waals surface area contributed by atoms with Crippen molar-refractivity contribution in [3.05, 3.63) is 90.3 Å². The van der Waals surface area contributed by atoms with Gasteiger partial charge in [-0.15, -0.1) is 0 Å². The van der Waals surface area contributed by atoms with Gasteiger partial charge in [0, 0.05) is 29.9 Å². The number of fused-ring (bicyclic) bond motifs is 3. The number of hydrogen-bond donors (Lipinski definition) is 1. The van der Waals surface area contributed by atoms with Crippen molar-refractivity contribution in [3.63, 3.8) is 0 Å². The number of rotatable bonds is 2. The van der Waals surface area contributed by atoms with E-state index >= 15 is 0 Å². The summed E-state index contributed by atoms with van der Waals surface area (Å²) in [4.78, 5) is 9.21. The first-order valence-corrected chi connectivity index (χ1v) is 8.61. The van der Waals surface area contributed by atoms with Crippen LogP contribution < -0.4 is 0 Å². The fourth-order valence-corrected chi connectivity index (χ4v) is 3.66. The van der Waals surface area contributed by atoms with Crippen LogP contribution in [0.1, 0.15) is 11.1 Å². The van der Waals surface area contributed by atoms with E-state index in [4.69, 9.17) is 4.98 Å². The predicted octanol–water partition coefficient (Wildman–Crippen LogP) is 5.09. The Morgan fingerprint density at radius 1 is 0.808 bits per heavy atom. The number of phenols is 1. The third-order valence-corrected chi connectivity index (χ3v) is 4.88. The average Bonchev–Trinajstić information content (AvgIpc) is 3.06. The van der Waals surface area contributed by atoms with Crippen LogP contribution >= 0.6 is 0 Å². The van der Waals surface area contributed by atoms with Gasteiger partial charge in [-0.25, -0.2) is 4.98 Å². The minimum atomic E-state index is 0.270. The summed E-state index contributed by atoms with van der Waals surface area (Å²) in [6.45, 7) is 0. The number of hydrogen-bond acceptors (Lipinski definition) is 3. The van der Waals surface area contributed by atoms with E-state index in [1.165, 1.54) is 16.7 Å². The van der Waals surface area contributed by atoms with Crippen LogP contribution in [-0.4, -0.2) is 15.1 Å². The summed E-state index contributed by atoms with van der Waals surface area (Å²) in [5, 5.41) is 9.96. The zero-order chi connectivity index (χ0) is 17.5. The van der Waals surface area contributed by atoms with Gasteiger partial charge in [-0.1, -0.05) is 36.4 Å². The van der Waals surface area contributed by atoms with Gasteiger partial charge in [0.25, 0.3) is 0 Å². The van der Waals surface area contributed by atoms with E-state index in [1.54, 1.807) is 12.3 Å². The molecule has 0 spiro atoms. The maximum atomic E-state index is 9.96. The molecule has 1 aliphatic rings. The molecule has 4 aromatic rings. The second-order valence-corrected chi connectivity index (χ2v) is 6.51. The Morgan fingerprint density at radius 3 is 2.54 bits per heavy atom. The molecule has 5 rings (SSSR count). The molecule has 2 heterocycles. The van der Waals surface area contributed by atoms with Gasteiger partial charge in [0.2, 0.25) is 0 Å². The molecular formula is C23H16N2O. The predicted molar refractivity (Wildman–Crippen MR) is 103 cm³/mol. The topological polar surface area (TPSA) is 46.0 Å². The Morgan fingerprint density at radius 2 is 1.69 bits per heavy atom. The summed E-state index contributed by atoms with van der Waals surface area (Å²) >= 11 is 0. The minimum Gasteiger partial charge on any atom is -0.508 e. The van der Waals surface area contributed by atoms with Crippen molar-refractivity contribution in [2.75, 3.05) is 0 Å². The van der Waals surface area contributed by atoms with Crippen molar-refractivity contribution in [3.8, 4) is 39.4 Å². The number of aromatic nitrogens is 2. The van der Waals surface area contributed by atoms with Crippen molar-refractivity contribution >= 4 is 0 Å². The zero-order valence-corrected chi connectivity index (χ0v) is 14.1. The van der Waals surface area contributed by atoms with E-state index in [0.717, 1.165) is 34.5 Å². The fraction of sp³-hybridized carbons (Fsp3) is 0.0435. The van der Waals surface area contributed by atoms with Gasteiger partial charge < -0.3 is 5.11 Å². The SMILES string of the molecule is Oc1cccc(-c2cc(-c3cccnc3)nc3c2Cc2ccccc2-3)c1. The van der Waals surface area contributed by atoms with Gasteiger partial charge in [0.05, 0.1) is 11.4 Å². The number of nitrogens with zero attached hydrogens (tertiary/aromatic N) is 2. The van der Waals surface area contributed by atoms with E-state index in [9.17, 15) is 5.11 Å². The molecule has 0 saturated heterocycles. The molecule has 124 valence electrons. The molecule has 3 heteroatoms. The number of aromatic hydroxyl groups is 1. The molecule has 0 bridgehead atoms.